The van der Waals surface area contributed by atoms with Crippen LogP contribution in [0.2, 0.25) is 0 Å². The fourth-order valence-electron chi connectivity index (χ4n) is 3.14. The normalized spacial score (nSPS) is 11.1. The molecule has 5 heteroatoms. The van der Waals surface area contributed by atoms with Crippen molar-refractivity contribution in [2.75, 3.05) is 0 Å². The molecular weight excluding hydrogens is 336 g/mol. The molecule has 0 aliphatic heterocycles. The zero-order chi connectivity index (χ0) is 18.8. The van der Waals surface area contributed by atoms with Crippen molar-refractivity contribution in [3.63, 3.8) is 0 Å². The first-order valence-electron chi connectivity index (χ1n) is 8.94. The maximum absolute atomic E-state index is 12.2. The molecule has 0 fully saturated rings. The van der Waals surface area contributed by atoms with Crippen LogP contribution >= 0.6 is 0 Å². The Hall–Kier alpha value is -3.47. The van der Waals surface area contributed by atoms with Gasteiger partial charge in [0.05, 0.1) is 23.0 Å². The summed E-state index contributed by atoms with van der Waals surface area (Å²) >= 11 is 0. The molecule has 1 N–H and O–H groups in total. The van der Waals surface area contributed by atoms with Crippen LogP contribution in [0.4, 0.5) is 0 Å². The summed E-state index contributed by atoms with van der Waals surface area (Å²) in [5.74, 6) is 0. The molecule has 0 saturated carbocycles. The molecule has 0 aliphatic rings. The largest absolute Gasteiger partial charge is 0.277 e. The molecule has 0 bridgehead atoms. The molecule has 0 saturated heterocycles. The Kier molecular flexibility index (Phi) is 4.42. The van der Waals surface area contributed by atoms with Crippen molar-refractivity contribution in [3.05, 3.63) is 83.2 Å². The molecule has 2 heterocycles. The molecule has 0 radical (unpaired) electrons. The number of hydrogen-bond donors (Lipinski definition) is 1. The summed E-state index contributed by atoms with van der Waals surface area (Å²) in [5.41, 5.74) is 5.21. The minimum absolute atomic E-state index is 0.0234. The number of benzene rings is 2. The summed E-state index contributed by atoms with van der Waals surface area (Å²) in [6.07, 6.45) is 0. The Balaban J connectivity index is 1.99. The Labute approximate surface area is 157 Å². The second-order valence-electron chi connectivity index (χ2n) is 6.65. The fraction of sp³-hybridized carbons (Fsp3) is 0.136. The number of aromatic amines is 1. The van der Waals surface area contributed by atoms with E-state index in [4.69, 9.17) is 0 Å². The van der Waals surface area contributed by atoms with Crippen molar-refractivity contribution in [2.45, 2.75) is 19.9 Å². The molecule has 2 aromatic heterocycles. The Morgan fingerprint density at radius 3 is 2.11 bits per heavy atom. The lowest BCUT2D eigenvalue weighted by molar-refractivity contribution is 0.505. The van der Waals surface area contributed by atoms with Crippen molar-refractivity contribution in [2.24, 2.45) is 0 Å². The van der Waals surface area contributed by atoms with E-state index in [9.17, 15) is 4.79 Å². The van der Waals surface area contributed by atoms with Crippen LogP contribution in [0.3, 0.4) is 0 Å². The van der Waals surface area contributed by atoms with Gasteiger partial charge in [0.25, 0.3) is 5.56 Å². The highest BCUT2D eigenvalue weighted by molar-refractivity contribution is 5.89. The average molecular weight is 356 g/mol. The van der Waals surface area contributed by atoms with E-state index in [0.717, 1.165) is 33.8 Å². The third-order valence-corrected chi connectivity index (χ3v) is 4.45. The van der Waals surface area contributed by atoms with Crippen LogP contribution in [-0.4, -0.2) is 20.0 Å². The van der Waals surface area contributed by atoms with Crippen molar-refractivity contribution >= 4 is 0 Å². The minimum atomic E-state index is -0.111. The van der Waals surface area contributed by atoms with E-state index < -0.39 is 0 Å². The van der Waals surface area contributed by atoms with E-state index in [1.807, 2.05) is 74.5 Å². The van der Waals surface area contributed by atoms with E-state index in [1.165, 1.54) is 4.68 Å². The third kappa shape index (κ3) is 3.19. The quantitative estimate of drug-likeness (QED) is 0.583. The van der Waals surface area contributed by atoms with Gasteiger partial charge in [-0.3, -0.25) is 9.89 Å². The highest BCUT2D eigenvalue weighted by Gasteiger charge is 2.20. The molecule has 0 spiro atoms. The lowest BCUT2D eigenvalue weighted by Gasteiger charge is -2.11. The van der Waals surface area contributed by atoms with Crippen LogP contribution in [-0.2, 0) is 0 Å². The van der Waals surface area contributed by atoms with E-state index in [2.05, 4.69) is 15.3 Å². The topological polar surface area (TPSA) is 63.6 Å². The zero-order valence-electron chi connectivity index (χ0n) is 15.3. The minimum Gasteiger partial charge on any atom is -0.277 e. The van der Waals surface area contributed by atoms with E-state index in [0.29, 0.717) is 0 Å². The standard InChI is InChI=1S/C22H20N4O/c1-15(2)26-19(27)14-13-18(25-26)20-21(16-9-5-3-6-10-16)23-24-22(20)17-11-7-4-8-12-17/h3-15H,1-2H3,(H,23,24). The Bertz CT molecular complexity index is 1060. The first-order valence-corrected chi connectivity index (χ1v) is 8.94. The third-order valence-electron chi connectivity index (χ3n) is 4.45. The highest BCUT2D eigenvalue weighted by Crippen LogP contribution is 2.36. The summed E-state index contributed by atoms with van der Waals surface area (Å²) in [5, 5.41) is 12.4. The maximum Gasteiger partial charge on any atom is 0.267 e. The van der Waals surface area contributed by atoms with Crippen molar-refractivity contribution in [1.82, 2.24) is 20.0 Å². The van der Waals surface area contributed by atoms with E-state index in [-0.39, 0.29) is 11.6 Å². The van der Waals surface area contributed by atoms with Gasteiger partial charge >= 0.3 is 0 Å². The molecule has 4 aromatic rings. The molecule has 27 heavy (non-hydrogen) atoms. The molecule has 2 aromatic carbocycles. The van der Waals surface area contributed by atoms with Crippen LogP contribution in [0.5, 0.6) is 0 Å². The zero-order valence-corrected chi connectivity index (χ0v) is 15.3. The van der Waals surface area contributed by atoms with Crippen molar-refractivity contribution < 1.29 is 0 Å². The van der Waals surface area contributed by atoms with Gasteiger partial charge in [-0.05, 0) is 19.9 Å². The van der Waals surface area contributed by atoms with Gasteiger partial charge in [-0.2, -0.15) is 10.2 Å². The summed E-state index contributed by atoms with van der Waals surface area (Å²) < 4.78 is 1.51. The van der Waals surface area contributed by atoms with Gasteiger partial charge in [-0.25, -0.2) is 4.68 Å². The maximum atomic E-state index is 12.2. The Morgan fingerprint density at radius 1 is 0.852 bits per heavy atom. The summed E-state index contributed by atoms with van der Waals surface area (Å²) in [6, 6.07) is 23.3. The van der Waals surface area contributed by atoms with Gasteiger partial charge in [0, 0.05) is 17.2 Å². The fourth-order valence-corrected chi connectivity index (χ4v) is 3.14. The van der Waals surface area contributed by atoms with Gasteiger partial charge in [-0.1, -0.05) is 60.7 Å². The van der Waals surface area contributed by atoms with Crippen LogP contribution in [0.15, 0.2) is 77.6 Å². The molecule has 134 valence electrons. The molecule has 0 unspecified atom stereocenters. The number of aromatic nitrogens is 4. The van der Waals surface area contributed by atoms with Gasteiger partial charge in [0.1, 0.15) is 5.69 Å². The lowest BCUT2D eigenvalue weighted by atomic mass is 9.99. The molecular formula is C22H20N4O. The number of hydrogen-bond acceptors (Lipinski definition) is 3. The first kappa shape index (κ1) is 17.0. The highest BCUT2D eigenvalue weighted by atomic mass is 16.1. The Morgan fingerprint density at radius 2 is 1.48 bits per heavy atom. The van der Waals surface area contributed by atoms with Crippen molar-refractivity contribution in [3.8, 4) is 33.8 Å². The predicted octanol–water partition coefficient (Wildman–Crippen LogP) is 4.55. The van der Waals surface area contributed by atoms with Crippen LogP contribution in [0, 0.1) is 0 Å². The predicted molar refractivity (Wildman–Crippen MR) is 107 cm³/mol. The second-order valence-corrected chi connectivity index (χ2v) is 6.65. The summed E-state index contributed by atoms with van der Waals surface area (Å²) in [6.45, 7) is 3.90. The number of nitrogens with zero attached hydrogens (tertiary/aromatic N) is 3. The van der Waals surface area contributed by atoms with Gasteiger partial charge in [0.2, 0.25) is 0 Å². The number of H-pyrrole nitrogens is 1. The SMILES string of the molecule is CC(C)n1nc(-c2c(-c3ccccc3)n[nH]c2-c2ccccc2)ccc1=O. The number of rotatable bonds is 4. The van der Waals surface area contributed by atoms with Crippen molar-refractivity contribution in [1.29, 1.82) is 0 Å². The van der Waals surface area contributed by atoms with Gasteiger partial charge in [-0.15, -0.1) is 0 Å². The lowest BCUT2D eigenvalue weighted by Crippen LogP contribution is -2.23. The average Bonchev–Trinajstić information content (AvgIpc) is 3.14. The van der Waals surface area contributed by atoms with Crippen LogP contribution in [0.25, 0.3) is 33.8 Å². The van der Waals surface area contributed by atoms with Gasteiger partial charge < -0.3 is 0 Å². The molecule has 0 amide bonds. The number of nitrogens with one attached hydrogen (secondary N) is 1. The van der Waals surface area contributed by atoms with E-state index >= 15 is 0 Å². The van der Waals surface area contributed by atoms with Gasteiger partial charge in [0.15, 0.2) is 0 Å². The molecule has 4 rings (SSSR count). The molecule has 0 aliphatic carbocycles. The summed E-state index contributed by atoms with van der Waals surface area (Å²) in [7, 11) is 0. The second kappa shape index (κ2) is 7.03. The van der Waals surface area contributed by atoms with Crippen LogP contribution < -0.4 is 5.56 Å². The first-order chi connectivity index (χ1) is 13.1. The molecule has 0 atom stereocenters. The monoisotopic (exact) mass is 356 g/mol. The summed E-state index contributed by atoms with van der Waals surface area (Å²) in [4.78, 5) is 12.2. The van der Waals surface area contributed by atoms with E-state index in [1.54, 1.807) is 12.1 Å². The molecule has 5 nitrogen and oxygen atoms in total. The van der Waals surface area contributed by atoms with Crippen LogP contribution in [0.1, 0.15) is 19.9 Å². The smallest absolute Gasteiger partial charge is 0.267 e.